The maximum Gasteiger partial charge on any atom is 0.472 e. The number of aliphatic hydroxyl groups excluding tert-OH is 7. The van der Waals surface area contributed by atoms with Crippen molar-refractivity contribution < 1.29 is 59.0 Å². The van der Waals surface area contributed by atoms with Crippen molar-refractivity contribution in [3.8, 4) is 0 Å². The average Bonchev–Trinajstić information content (AvgIpc) is 3.22. The molecule has 1 amide bonds. The lowest BCUT2D eigenvalue weighted by molar-refractivity contribution is -0.220. The summed E-state index contributed by atoms with van der Waals surface area (Å²) >= 11 is 0. The second-order valence-electron chi connectivity index (χ2n) is 16.8. The van der Waals surface area contributed by atoms with Gasteiger partial charge in [0.05, 0.1) is 31.3 Å². The van der Waals surface area contributed by atoms with Gasteiger partial charge in [0.1, 0.15) is 36.6 Å². The summed E-state index contributed by atoms with van der Waals surface area (Å²) in [4.78, 5) is 23.4. The number of hydrogen-bond acceptors (Lipinski definition) is 11. The standard InChI is InChI=1S/C46H86NO12P/c1-3-5-7-9-11-13-15-17-18-19-20-22-24-26-28-30-32-34-39(49)38(36-58-60(56,57)59-46-44(54)42(52)41(51)43(53)45(46)55)47-40(50)35-37(48)33-31-29-27-25-23-21-16-14-12-10-8-6-4-2/h12,14,16,21,32,34,37-39,41-46,48-49,51-55H,3-11,13,15,17-20,22-31,33,35-36H2,1-2H3,(H,47,50)(H,56,57)/b14-12-,21-16-,34-32+. The summed E-state index contributed by atoms with van der Waals surface area (Å²) in [5.74, 6) is -0.606. The molecule has 8 unspecified atom stereocenters. The topological polar surface area (TPSA) is 226 Å². The number of nitrogens with one attached hydrogen (secondary N) is 1. The predicted molar refractivity (Wildman–Crippen MR) is 238 cm³/mol. The van der Waals surface area contributed by atoms with Crippen molar-refractivity contribution in [1.29, 1.82) is 0 Å². The minimum absolute atomic E-state index is 0.259. The van der Waals surface area contributed by atoms with E-state index >= 15 is 0 Å². The number of hydrogen-bond donors (Lipinski definition) is 9. The molecule has 0 radical (unpaired) electrons. The lowest BCUT2D eigenvalue weighted by Crippen LogP contribution is -2.64. The first-order chi connectivity index (χ1) is 28.8. The van der Waals surface area contributed by atoms with Crippen LogP contribution in [0.5, 0.6) is 0 Å². The number of allylic oxidation sites excluding steroid dienone is 5. The first-order valence-corrected chi connectivity index (χ1v) is 25.0. The van der Waals surface area contributed by atoms with Crippen LogP contribution in [-0.2, 0) is 18.4 Å². The van der Waals surface area contributed by atoms with Gasteiger partial charge < -0.3 is 46.0 Å². The molecular weight excluding hydrogens is 789 g/mol. The second kappa shape index (κ2) is 35.9. The third-order valence-electron chi connectivity index (χ3n) is 11.2. The Balaban J connectivity index is 2.57. The molecule has 0 saturated heterocycles. The molecule has 1 fully saturated rings. The number of carbonyl (C=O) groups is 1. The summed E-state index contributed by atoms with van der Waals surface area (Å²) in [7, 11) is -5.14. The zero-order valence-electron chi connectivity index (χ0n) is 37.1. The van der Waals surface area contributed by atoms with Crippen LogP contribution in [0.25, 0.3) is 0 Å². The van der Waals surface area contributed by atoms with Crippen molar-refractivity contribution in [3.63, 3.8) is 0 Å². The number of phosphoric acid groups is 1. The Morgan fingerprint density at radius 3 is 1.50 bits per heavy atom. The van der Waals surface area contributed by atoms with E-state index in [0.717, 1.165) is 57.8 Å². The van der Waals surface area contributed by atoms with E-state index in [9.17, 15) is 50.0 Å². The van der Waals surface area contributed by atoms with Crippen LogP contribution in [0.4, 0.5) is 0 Å². The first kappa shape index (κ1) is 56.5. The van der Waals surface area contributed by atoms with E-state index in [1.54, 1.807) is 6.08 Å². The van der Waals surface area contributed by atoms with E-state index < -0.39 is 75.2 Å². The number of amides is 1. The molecule has 1 saturated carbocycles. The third kappa shape index (κ3) is 27.6. The molecule has 60 heavy (non-hydrogen) atoms. The van der Waals surface area contributed by atoms with Gasteiger partial charge in [-0.15, -0.1) is 0 Å². The average molecular weight is 876 g/mol. The van der Waals surface area contributed by atoms with Crippen molar-refractivity contribution in [2.75, 3.05) is 6.61 Å². The Morgan fingerprint density at radius 1 is 0.600 bits per heavy atom. The number of rotatable bonds is 38. The lowest BCUT2D eigenvalue weighted by atomic mass is 9.85. The molecular formula is C46H86NO12P. The van der Waals surface area contributed by atoms with Crippen molar-refractivity contribution in [2.24, 2.45) is 0 Å². The number of carbonyl (C=O) groups excluding carboxylic acids is 1. The van der Waals surface area contributed by atoms with E-state index in [-0.39, 0.29) is 6.42 Å². The molecule has 0 aliphatic heterocycles. The number of unbranched alkanes of at least 4 members (excludes halogenated alkanes) is 22. The summed E-state index contributed by atoms with van der Waals surface area (Å²) in [5, 5.41) is 74.4. The van der Waals surface area contributed by atoms with E-state index in [1.807, 2.05) is 0 Å². The van der Waals surface area contributed by atoms with Crippen molar-refractivity contribution in [3.05, 3.63) is 36.5 Å². The molecule has 0 heterocycles. The van der Waals surface area contributed by atoms with Crippen LogP contribution in [-0.4, -0.2) is 108 Å². The third-order valence-corrected chi connectivity index (χ3v) is 12.2. The van der Waals surface area contributed by atoms with Crippen LogP contribution in [0.1, 0.15) is 187 Å². The van der Waals surface area contributed by atoms with Gasteiger partial charge in [-0.2, -0.15) is 0 Å². The van der Waals surface area contributed by atoms with Crippen molar-refractivity contribution in [1.82, 2.24) is 5.32 Å². The maximum atomic E-state index is 13.0. The monoisotopic (exact) mass is 876 g/mol. The zero-order valence-corrected chi connectivity index (χ0v) is 38.0. The van der Waals surface area contributed by atoms with Crippen molar-refractivity contribution in [2.45, 2.75) is 242 Å². The summed E-state index contributed by atoms with van der Waals surface area (Å²) < 4.78 is 22.9. The van der Waals surface area contributed by atoms with Gasteiger partial charge in [-0.1, -0.05) is 172 Å². The molecule has 1 aliphatic carbocycles. The molecule has 0 spiro atoms. The van der Waals surface area contributed by atoms with E-state index in [1.165, 1.54) is 102 Å². The van der Waals surface area contributed by atoms with Gasteiger partial charge in [0.15, 0.2) is 0 Å². The van der Waals surface area contributed by atoms with Gasteiger partial charge in [0.2, 0.25) is 5.91 Å². The highest BCUT2D eigenvalue weighted by Gasteiger charge is 2.51. The van der Waals surface area contributed by atoms with Gasteiger partial charge in [0.25, 0.3) is 0 Å². The molecule has 0 aromatic heterocycles. The molecule has 9 N–H and O–H groups in total. The summed E-state index contributed by atoms with van der Waals surface area (Å²) in [6.07, 6.45) is 26.6. The zero-order chi connectivity index (χ0) is 44.4. The van der Waals surface area contributed by atoms with Crippen LogP contribution < -0.4 is 5.32 Å². The van der Waals surface area contributed by atoms with Crippen LogP contribution >= 0.6 is 7.82 Å². The van der Waals surface area contributed by atoms with Crippen LogP contribution in [0.2, 0.25) is 0 Å². The largest absolute Gasteiger partial charge is 0.472 e. The van der Waals surface area contributed by atoms with E-state index in [2.05, 4.69) is 43.5 Å². The minimum Gasteiger partial charge on any atom is -0.393 e. The fraction of sp³-hybridized carbons (Fsp3) is 0.848. The Morgan fingerprint density at radius 2 is 1.00 bits per heavy atom. The van der Waals surface area contributed by atoms with Gasteiger partial charge in [-0.3, -0.25) is 13.8 Å². The van der Waals surface area contributed by atoms with Gasteiger partial charge in [-0.25, -0.2) is 4.57 Å². The quantitative estimate of drug-likeness (QED) is 0.0126. The summed E-state index contributed by atoms with van der Waals surface area (Å²) in [6.45, 7) is 3.70. The van der Waals surface area contributed by atoms with Crippen LogP contribution in [0.15, 0.2) is 36.5 Å². The van der Waals surface area contributed by atoms with Gasteiger partial charge >= 0.3 is 7.82 Å². The molecule has 8 atom stereocenters. The minimum atomic E-state index is -5.14. The molecule has 0 bridgehead atoms. The fourth-order valence-corrected chi connectivity index (χ4v) is 8.32. The fourth-order valence-electron chi connectivity index (χ4n) is 7.35. The molecule has 1 rings (SSSR count). The Hall–Kier alpha value is -1.48. The summed E-state index contributed by atoms with van der Waals surface area (Å²) in [5.41, 5.74) is 0. The van der Waals surface area contributed by atoms with Crippen LogP contribution in [0, 0.1) is 0 Å². The van der Waals surface area contributed by atoms with Crippen molar-refractivity contribution >= 4 is 13.7 Å². The maximum absolute atomic E-state index is 13.0. The van der Waals surface area contributed by atoms with Gasteiger partial charge in [0, 0.05) is 0 Å². The Labute approximate surface area is 362 Å². The van der Waals surface area contributed by atoms with E-state index in [0.29, 0.717) is 12.8 Å². The number of aliphatic hydroxyl groups is 7. The highest BCUT2D eigenvalue weighted by molar-refractivity contribution is 7.47. The normalized spacial score (nSPS) is 23.7. The van der Waals surface area contributed by atoms with E-state index in [4.69, 9.17) is 9.05 Å². The first-order valence-electron chi connectivity index (χ1n) is 23.5. The van der Waals surface area contributed by atoms with Crippen LogP contribution in [0.3, 0.4) is 0 Å². The molecule has 1 aliphatic rings. The molecule has 14 heteroatoms. The Bertz CT molecular complexity index is 1170. The highest BCUT2D eigenvalue weighted by Crippen LogP contribution is 2.47. The highest BCUT2D eigenvalue weighted by atomic mass is 31.2. The smallest absolute Gasteiger partial charge is 0.393 e. The molecule has 0 aromatic carbocycles. The number of phosphoric ester groups is 1. The summed E-state index contributed by atoms with van der Waals surface area (Å²) in [6, 6.07) is -1.25. The Kier molecular flexibility index (Phi) is 33.8. The molecule has 0 aromatic rings. The predicted octanol–water partition coefficient (Wildman–Crippen LogP) is 7.75. The van der Waals surface area contributed by atoms with Gasteiger partial charge in [-0.05, 0) is 44.9 Å². The SMILES string of the molecule is CCCCC/C=C\C=C/CCCCCCC(O)CC(=O)NC(COP(=O)(O)OC1C(O)C(O)C(O)C(O)C1O)C(O)/C=C/CCCCCCCCCCCCCCCCC. The lowest BCUT2D eigenvalue weighted by Gasteiger charge is -2.41. The second-order valence-corrected chi connectivity index (χ2v) is 18.2. The molecule has 352 valence electrons. The molecule has 13 nitrogen and oxygen atoms in total.